The maximum absolute atomic E-state index is 12.1. The molecule has 0 atom stereocenters. The molecule has 0 radical (unpaired) electrons. The number of likely N-dealkylation sites (tertiary alicyclic amines) is 1. The van der Waals surface area contributed by atoms with Crippen LogP contribution in [0.5, 0.6) is 0 Å². The van der Waals surface area contributed by atoms with E-state index in [1.807, 2.05) is 24.8 Å². The molecule has 0 aliphatic carbocycles. The molecule has 1 aliphatic rings. The Hall–Kier alpha value is -1.50. The van der Waals surface area contributed by atoms with Crippen LogP contribution in [0.1, 0.15) is 33.1 Å². The fraction of sp³-hybridized carbons (Fsp3) is 0.692. The monoisotopic (exact) mass is 235 g/mol. The van der Waals surface area contributed by atoms with Crippen molar-refractivity contribution in [2.75, 3.05) is 26.2 Å². The van der Waals surface area contributed by atoms with Crippen LogP contribution in [0.2, 0.25) is 0 Å². The molecule has 1 saturated heterocycles. The summed E-state index contributed by atoms with van der Waals surface area (Å²) in [6.07, 6.45) is 4.98. The van der Waals surface area contributed by atoms with Gasteiger partial charge in [-0.25, -0.2) is 0 Å². The van der Waals surface area contributed by atoms with Gasteiger partial charge in [-0.1, -0.05) is 0 Å². The minimum atomic E-state index is -0.112. The van der Waals surface area contributed by atoms with Gasteiger partial charge in [-0.05, 0) is 33.1 Å². The zero-order valence-corrected chi connectivity index (χ0v) is 10.8. The fourth-order valence-corrected chi connectivity index (χ4v) is 1.99. The first kappa shape index (κ1) is 13.6. The molecular formula is C13H21N3O. The highest BCUT2D eigenvalue weighted by Gasteiger charge is 2.20. The van der Waals surface area contributed by atoms with Crippen molar-refractivity contribution in [1.82, 2.24) is 9.80 Å². The van der Waals surface area contributed by atoms with Gasteiger partial charge in [-0.3, -0.25) is 4.79 Å². The lowest BCUT2D eigenvalue weighted by molar-refractivity contribution is -0.127. The first-order chi connectivity index (χ1) is 8.22. The number of amides is 1. The number of piperidine rings is 1. The van der Waals surface area contributed by atoms with E-state index in [4.69, 9.17) is 5.26 Å². The molecule has 1 amide bonds. The summed E-state index contributed by atoms with van der Waals surface area (Å²) < 4.78 is 0. The largest absolute Gasteiger partial charge is 0.377 e. The molecule has 4 nitrogen and oxygen atoms in total. The Morgan fingerprint density at radius 3 is 2.35 bits per heavy atom. The second-order valence-electron chi connectivity index (χ2n) is 4.23. The molecule has 17 heavy (non-hydrogen) atoms. The Kier molecular flexibility index (Phi) is 5.55. The molecule has 1 fully saturated rings. The van der Waals surface area contributed by atoms with Gasteiger partial charge >= 0.3 is 0 Å². The zero-order chi connectivity index (χ0) is 12.7. The summed E-state index contributed by atoms with van der Waals surface area (Å²) in [5.41, 5.74) is 0.260. The summed E-state index contributed by atoms with van der Waals surface area (Å²) in [6.45, 7) is 7.23. The lowest BCUT2D eigenvalue weighted by Crippen LogP contribution is -2.36. The molecule has 1 heterocycles. The van der Waals surface area contributed by atoms with Gasteiger partial charge in [0.15, 0.2) is 0 Å². The van der Waals surface area contributed by atoms with E-state index in [1.165, 1.54) is 6.42 Å². The van der Waals surface area contributed by atoms with Crippen molar-refractivity contribution in [3.63, 3.8) is 0 Å². The van der Waals surface area contributed by atoms with Crippen LogP contribution >= 0.6 is 0 Å². The predicted octanol–water partition coefficient (Wildman–Crippen LogP) is 1.75. The Morgan fingerprint density at radius 1 is 1.29 bits per heavy atom. The standard InChI is InChI=1S/C13H21N3O/c1-3-15(4-2)11-12(10-14)13(17)16-8-6-5-7-9-16/h11H,3-9H2,1-2H3/b12-11-. The summed E-state index contributed by atoms with van der Waals surface area (Å²) in [4.78, 5) is 15.9. The lowest BCUT2D eigenvalue weighted by atomic mass is 10.1. The molecule has 1 aliphatic heterocycles. The quantitative estimate of drug-likeness (QED) is 0.551. The third kappa shape index (κ3) is 3.77. The second-order valence-corrected chi connectivity index (χ2v) is 4.23. The van der Waals surface area contributed by atoms with Gasteiger partial charge < -0.3 is 9.80 Å². The van der Waals surface area contributed by atoms with Gasteiger partial charge in [0, 0.05) is 32.4 Å². The molecule has 94 valence electrons. The van der Waals surface area contributed by atoms with Crippen LogP contribution in [0.15, 0.2) is 11.8 Å². The highest BCUT2D eigenvalue weighted by molar-refractivity contribution is 5.97. The van der Waals surface area contributed by atoms with Crippen LogP contribution in [0.25, 0.3) is 0 Å². The molecule has 0 aromatic heterocycles. The van der Waals surface area contributed by atoms with Gasteiger partial charge in [-0.15, -0.1) is 0 Å². The SMILES string of the molecule is CCN(/C=C(/C#N)C(=O)N1CCCCC1)CC. The highest BCUT2D eigenvalue weighted by atomic mass is 16.2. The zero-order valence-electron chi connectivity index (χ0n) is 10.8. The molecule has 0 aromatic rings. The average molecular weight is 235 g/mol. The first-order valence-corrected chi connectivity index (χ1v) is 6.38. The fourth-order valence-electron chi connectivity index (χ4n) is 1.99. The van der Waals surface area contributed by atoms with Gasteiger partial charge in [0.25, 0.3) is 5.91 Å². The average Bonchev–Trinajstić information content (AvgIpc) is 2.40. The van der Waals surface area contributed by atoms with E-state index >= 15 is 0 Å². The van der Waals surface area contributed by atoms with Crippen molar-refractivity contribution in [3.8, 4) is 6.07 Å². The molecule has 0 spiro atoms. The third-order valence-electron chi connectivity index (χ3n) is 3.12. The Balaban J connectivity index is 2.72. The summed E-state index contributed by atoms with van der Waals surface area (Å²) in [7, 11) is 0. The van der Waals surface area contributed by atoms with Crippen LogP contribution in [-0.2, 0) is 4.79 Å². The predicted molar refractivity (Wildman–Crippen MR) is 67.0 cm³/mol. The highest BCUT2D eigenvalue weighted by Crippen LogP contribution is 2.12. The van der Waals surface area contributed by atoms with Crippen molar-refractivity contribution >= 4 is 5.91 Å². The van der Waals surface area contributed by atoms with E-state index in [9.17, 15) is 4.79 Å². The number of nitrogens with zero attached hydrogens (tertiary/aromatic N) is 3. The summed E-state index contributed by atoms with van der Waals surface area (Å²) in [5.74, 6) is -0.112. The van der Waals surface area contributed by atoms with Crippen LogP contribution in [-0.4, -0.2) is 41.9 Å². The van der Waals surface area contributed by atoms with Gasteiger partial charge in [0.1, 0.15) is 11.6 Å². The number of nitriles is 1. The number of hydrogen-bond donors (Lipinski definition) is 0. The van der Waals surface area contributed by atoms with Crippen molar-refractivity contribution in [2.24, 2.45) is 0 Å². The summed E-state index contributed by atoms with van der Waals surface area (Å²) >= 11 is 0. The van der Waals surface area contributed by atoms with Crippen LogP contribution in [0.3, 0.4) is 0 Å². The van der Waals surface area contributed by atoms with Crippen LogP contribution in [0.4, 0.5) is 0 Å². The van der Waals surface area contributed by atoms with Crippen molar-refractivity contribution in [3.05, 3.63) is 11.8 Å². The lowest BCUT2D eigenvalue weighted by Gasteiger charge is -2.27. The minimum Gasteiger partial charge on any atom is -0.377 e. The molecular weight excluding hydrogens is 214 g/mol. The number of carbonyl (C=O) groups excluding carboxylic acids is 1. The van der Waals surface area contributed by atoms with Crippen molar-refractivity contribution < 1.29 is 4.79 Å². The number of hydrogen-bond acceptors (Lipinski definition) is 3. The first-order valence-electron chi connectivity index (χ1n) is 6.38. The van der Waals surface area contributed by atoms with Crippen LogP contribution in [0, 0.1) is 11.3 Å². The molecule has 0 unspecified atom stereocenters. The maximum Gasteiger partial charge on any atom is 0.266 e. The Bertz CT molecular complexity index is 320. The Labute approximate surface area is 103 Å². The van der Waals surface area contributed by atoms with Crippen molar-refractivity contribution in [2.45, 2.75) is 33.1 Å². The smallest absolute Gasteiger partial charge is 0.266 e. The molecule has 0 bridgehead atoms. The maximum atomic E-state index is 12.1. The van der Waals surface area contributed by atoms with Crippen LogP contribution < -0.4 is 0 Å². The summed E-state index contributed by atoms with van der Waals surface area (Å²) in [5, 5.41) is 9.07. The van der Waals surface area contributed by atoms with E-state index in [2.05, 4.69) is 0 Å². The second kappa shape index (κ2) is 6.95. The van der Waals surface area contributed by atoms with E-state index in [0.717, 1.165) is 39.0 Å². The van der Waals surface area contributed by atoms with E-state index in [1.54, 1.807) is 11.1 Å². The minimum absolute atomic E-state index is 0.112. The van der Waals surface area contributed by atoms with Gasteiger partial charge in [0.2, 0.25) is 0 Å². The number of carbonyl (C=O) groups is 1. The normalized spacial score (nSPS) is 16.5. The van der Waals surface area contributed by atoms with E-state index in [-0.39, 0.29) is 11.5 Å². The number of rotatable bonds is 4. The van der Waals surface area contributed by atoms with Gasteiger partial charge in [-0.2, -0.15) is 5.26 Å². The third-order valence-corrected chi connectivity index (χ3v) is 3.12. The van der Waals surface area contributed by atoms with Crippen molar-refractivity contribution in [1.29, 1.82) is 5.26 Å². The molecule has 0 saturated carbocycles. The molecule has 0 N–H and O–H groups in total. The molecule has 1 rings (SSSR count). The topological polar surface area (TPSA) is 47.3 Å². The Morgan fingerprint density at radius 2 is 1.88 bits per heavy atom. The molecule has 0 aromatic carbocycles. The summed E-state index contributed by atoms with van der Waals surface area (Å²) in [6, 6.07) is 2.03. The van der Waals surface area contributed by atoms with E-state index < -0.39 is 0 Å². The van der Waals surface area contributed by atoms with E-state index in [0.29, 0.717) is 0 Å². The van der Waals surface area contributed by atoms with Gasteiger partial charge in [0.05, 0.1) is 0 Å². The molecule has 4 heteroatoms.